The average molecular weight is 334 g/mol. The van der Waals surface area contributed by atoms with Gasteiger partial charge >= 0.3 is 0 Å². The lowest BCUT2D eigenvalue weighted by Gasteiger charge is -2.43. The maximum atomic E-state index is 6.02. The number of nitrogens with two attached hydrogens (primary N) is 7. The Hall–Kier alpha value is -0.280. The highest BCUT2D eigenvalue weighted by Crippen LogP contribution is 2.50. The average Bonchev–Trinajstić information content (AvgIpc) is 3.25. The Morgan fingerprint density at radius 3 is 1.09 bits per heavy atom. The molecular weight excluding hydrogens is 290 g/mol. The minimum absolute atomic E-state index is 0.0486. The van der Waals surface area contributed by atoms with E-state index in [9.17, 15) is 0 Å². The van der Waals surface area contributed by atoms with Crippen LogP contribution in [0.2, 0.25) is 0 Å². The van der Waals surface area contributed by atoms with Crippen LogP contribution in [-0.4, -0.2) is 42.8 Å². The first-order chi connectivity index (χ1) is 10.6. The molecule has 14 N–H and O–H groups in total. The van der Waals surface area contributed by atoms with E-state index in [1.807, 2.05) is 13.8 Å². The topological polar surface area (TPSA) is 182 Å². The Morgan fingerprint density at radius 2 is 1.04 bits per heavy atom. The molecule has 142 valence electrons. The lowest BCUT2D eigenvalue weighted by atomic mass is 9.71. The van der Waals surface area contributed by atoms with Gasteiger partial charge < -0.3 is 40.1 Å². The summed E-state index contributed by atoms with van der Waals surface area (Å²) in [7, 11) is 0. The number of hydrogen-bond donors (Lipinski definition) is 7. The van der Waals surface area contributed by atoms with E-state index >= 15 is 0 Å². The summed E-state index contributed by atoms with van der Waals surface area (Å²) in [4.78, 5) is 0. The predicted octanol–water partition coefficient (Wildman–Crippen LogP) is -0.701. The first-order valence-electron chi connectivity index (χ1n) is 8.81. The second-order valence-corrected chi connectivity index (χ2v) is 6.88. The van der Waals surface area contributed by atoms with Gasteiger partial charge in [0.15, 0.2) is 0 Å². The van der Waals surface area contributed by atoms with Gasteiger partial charge in [-0.3, -0.25) is 0 Å². The molecule has 2 atom stereocenters. The minimum Gasteiger partial charge on any atom is -0.330 e. The molecular formula is C16H43N7. The van der Waals surface area contributed by atoms with E-state index in [2.05, 4.69) is 6.92 Å². The second kappa shape index (κ2) is 13.1. The largest absolute Gasteiger partial charge is 0.330 e. The third kappa shape index (κ3) is 11.8. The Balaban J connectivity index is 0. The van der Waals surface area contributed by atoms with Crippen molar-refractivity contribution in [3.05, 3.63) is 0 Å². The zero-order chi connectivity index (χ0) is 18.5. The summed E-state index contributed by atoms with van der Waals surface area (Å²) in [5.41, 5.74) is 37.5. The fourth-order valence-corrected chi connectivity index (χ4v) is 1.69. The molecule has 0 aliphatic heterocycles. The van der Waals surface area contributed by atoms with E-state index in [1.165, 1.54) is 6.42 Å². The SMILES string of the molecule is CC(N)CN.CC(N)CN.CCCN.NC1(C2(N)CC2)CCC1. The molecule has 0 saturated heterocycles. The van der Waals surface area contributed by atoms with Crippen LogP contribution in [0.15, 0.2) is 0 Å². The summed E-state index contributed by atoms with van der Waals surface area (Å²) >= 11 is 0. The van der Waals surface area contributed by atoms with Gasteiger partial charge in [-0.15, -0.1) is 0 Å². The van der Waals surface area contributed by atoms with Crippen molar-refractivity contribution in [2.24, 2.45) is 40.1 Å². The van der Waals surface area contributed by atoms with Crippen molar-refractivity contribution >= 4 is 0 Å². The first-order valence-corrected chi connectivity index (χ1v) is 8.81. The Bertz CT molecular complexity index is 251. The maximum absolute atomic E-state index is 6.02. The van der Waals surface area contributed by atoms with E-state index in [4.69, 9.17) is 40.1 Å². The normalized spacial score (nSPS) is 21.7. The summed E-state index contributed by atoms with van der Waals surface area (Å²) in [6.45, 7) is 7.79. The third-order valence-electron chi connectivity index (χ3n) is 4.06. The van der Waals surface area contributed by atoms with Gasteiger partial charge in [-0.2, -0.15) is 0 Å². The smallest absolute Gasteiger partial charge is 0.0338 e. The van der Waals surface area contributed by atoms with Crippen molar-refractivity contribution in [2.45, 2.75) is 82.5 Å². The lowest BCUT2D eigenvalue weighted by molar-refractivity contribution is 0.188. The van der Waals surface area contributed by atoms with Crippen molar-refractivity contribution in [1.82, 2.24) is 0 Å². The zero-order valence-electron chi connectivity index (χ0n) is 15.6. The van der Waals surface area contributed by atoms with E-state index in [-0.39, 0.29) is 23.2 Å². The molecule has 0 heterocycles. The van der Waals surface area contributed by atoms with Gasteiger partial charge in [0.05, 0.1) is 0 Å². The van der Waals surface area contributed by atoms with Crippen LogP contribution in [0.5, 0.6) is 0 Å². The number of rotatable bonds is 4. The van der Waals surface area contributed by atoms with Crippen molar-refractivity contribution < 1.29 is 0 Å². The Morgan fingerprint density at radius 1 is 0.783 bits per heavy atom. The molecule has 7 heteroatoms. The van der Waals surface area contributed by atoms with E-state index in [1.54, 1.807) is 0 Å². The molecule has 0 aromatic heterocycles. The number of hydrogen-bond acceptors (Lipinski definition) is 7. The first kappa shape index (κ1) is 25.0. The van der Waals surface area contributed by atoms with Crippen LogP contribution < -0.4 is 40.1 Å². The van der Waals surface area contributed by atoms with E-state index in [0.717, 1.165) is 38.6 Å². The molecule has 0 radical (unpaired) electrons. The lowest BCUT2D eigenvalue weighted by Crippen LogP contribution is -2.61. The highest BCUT2D eigenvalue weighted by molar-refractivity contribution is 5.19. The molecule has 0 amide bonds. The van der Waals surface area contributed by atoms with Crippen molar-refractivity contribution in [3.8, 4) is 0 Å². The molecule has 7 nitrogen and oxygen atoms in total. The minimum atomic E-state index is 0.0486. The monoisotopic (exact) mass is 333 g/mol. The summed E-state index contributed by atoms with van der Waals surface area (Å²) in [5.74, 6) is 0. The van der Waals surface area contributed by atoms with Crippen LogP contribution in [0.4, 0.5) is 0 Å². The Labute approximate surface area is 143 Å². The molecule has 23 heavy (non-hydrogen) atoms. The molecule has 0 bridgehead atoms. The van der Waals surface area contributed by atoms with Gasteiger partial charge in [0.2, 0.25) is 0 Å². The fourth-order valence-electron chi connectivity index (χ4n) is 1.69. The molecule has 0 spiro atoms. The molecule has 2 fully saturated rings. The van der Waals surface area contributed by atoms with E-state index < -0.39 is 0 Å². The van der Waals surface area contributed by atoms with Crippen LogP contribution in [0.1, 0.15) is 59.3 Å². The summed E-state index contributed by atoms with van der Waals surface area (Å²) in [6, 6.07) is 0.324. The quantitative estimate of drug-likeness (QED) is 0.354. The van der Waals surface area contributed by atoms with Crippen molar-refractivity contribution in [3.63, 3.8) is 0 Å². The summed E-state index contributed by atoms with van der Waals surface area (Å²) < 4.78 is 0. The molecule has 0 aromatic carbocycles. The Kier molecular flexibility index (Phi) is 14.2. The second-order valence-electron chi connectivity index (χ2n) is 6.88. The maximum Gasteiger partial charge on any atom is 0.0338 e. The van der Waals surface area contributed by atoms with Crippen LogP contribution in [-0.2, 0) is 0 Å². The standard InChI is InChI=1S/C7H14N2.2C3H10N2.C3H9N/c8-6(2-1-3-6)7(9)4-5-7;2*1-3(5)2-4;1-2-3-4/h1-5,8-9H2;2*3H,2,4-5H2,1H3;2-4H2,1H3. The highest BCUT2D eigenvalue weighted by atomic mass is 15.0. The molecule has 2 rings (SSSR count). The predicted molar refractivity (Wildman–Crippen MR) is 102 cm³/mol. The third-order valence-corrected chi connectivity index (χ3v) is 4.06. The molecule has 2 saturated carbocycles. The van der Waals surface area contributed by atoms with Crippen molar-refractivity contribution in [1.29, 1.82) is 0 Å². The van der Waals surface area contributed by atoms with Crippen LogP contribution in [0.25, 0.3) is 0 Å². The molecule has 2 unspecified atom stereocenters. The van der Waals surface area contributed by atoms with Crippen LogP contribution in [0, 0.1) is 0 Å². The van der Waals surface area contributed by atoms with E-state index in [0.29, 0.717) is 13.1 Å². The van der Waals surface area contributed by atoms with Gasteiger partial charge in [0.1, 0.15) is 0 Å². The van der Waals surface area contributed by atoms with Crippen LogP contribution in [0.3, 0.4) is 0 Å². The summed E-state index contributed by atoms with van der Waals surface area (Å²) in [5, 5.41) is 0. The van der Waals surface area contributed by atoms with Crippen LogP contribution >= 0.6 is 0 Å². The van der Waals surface area contributed by atoms with Gasteiger partial charge in [0, 0.05) is 36.3 Å². The van der Waals surface area contributed by atoms with Gasteiger partial charge in [0.25, 0.3) is 0 Å². The fraction of sp³-hybridized carbons (Fsp3) is 1.00. The van der Waals surface area contributed by atoms with Crippen molar-refractivity contribution in [2.75, 3.05) is 19.6 Å². The zero-order valence-corrected chi connectivity index (χ0v) is 15.6. The van der Waals surface area contributed by atoms with Gasteiger partial charge in [-0.05, 0) is 58.9 Å². The molecule has 2 aliphatic rings. The highest BCUT2D eigenvalue weighted by Gasteiger charge is 2.56. The summed E-state index contributed by atoms with van der Waals surface area (Å²) in [6.07, 6.45) is 7.01. The molecule has 2 aliphatic carbocycles. The van der Waals surface area contributed by atoms with Gasteiger partial charge in [-0.1, -0.05) is 6.92 Å². The van der Waals surface area contributed by atoms with Gasteiger partial charge in [-0.25, -0.2) is 0 Å². The molecule has 0 aromatic rings.